The summed E-state index contributed by atoms with van der Waals surface area (Å²) in [4.78, 5) is 6.47. The maximum Gasteiger partial charge on any atom is 0.248 e. The van der Waals surface area contributed by atoms with Crippen LogP contribution in [0.2, 0.25) is 0 Å². The fourth-order valence-corrected chi connectivity index (χ4v) is 3.05. The summed E-state index contributed by atoms with van der Waals surface area (Å²) >= 11 is 0. The third kappa shape index (κ3) is 5.69. The lowest BCUT2D eigenvalue weighted by molar-refractivity contribution is -0.0508. The predicted molar refractivity (Wildman–Crippen MR) is 88.9 cm³/mol. The van der Waals surface area contributed by atoms with Crippen LogP contribution in [0.3, 0.4) is 0 Å². The molecule has 2 N–H and O–H groups in total. The molecule has 3 nitrogen and oxygen atoms in total. The molecule has 0 amide bonds. The Hall–Kier alpha value is -0.140. The molecule has 2 aliphatic rings. The van der Waals surface area contributed by atoms with Crippen LogP contribution in [0.5, 0.6) is 0 Å². The third-order valence-electron chi connectivity index (χ3n) is 4.18. The van der Waals surface area contributed by atoms with Crippen LogP contribution in [0.25, 0.3) is 0 Å². The zero-order chi connectivity index (χ0) is 13.7. The predicted octanol–water partition coefficient (Wildman–Crippen LogP) is 3.62. The van der Waals surface area contributed by atoms with Gasteiger partial charge in [-0.05, 0) is 31.6 Å². The van der Waals surface area contributed by atoms with Crippen LogP contribution in [0.1, 0.15) is 51.4 Å². The summed E-state index contributed by atoms with van der Waals surface area (Å²) in [5.41, 5.74) is 5.99. The van der Waals surface area contributed by atoms with Crippen molar-refractivity contribution >= 4 is 29.9 Å². The van der Waals surface area contributed by atoms with E-state index in [1.54, 1.807) is 0 Å². The van der Waals surface area contributed by atoms with Gasteiger partial charge in [-0.3, -0.25) is 4.99 Å². The van der Waals surface area contributed by atoms with Crippen molar-refractivity contribution in [2.45, 2.75) is 57.3 Å². The number of aliphatic imine (C=N–C) groups is 1. The van der Waals surface area contributed by atoms with Gasteiger partial charge in [0.25, 0.3) is 0 Å². The quantitative estimate of drug-likeness (QED) is 0.436. The van der Waals surface area contributed by atoms with Crippen molar-refractivity contribution in [3.63, 3.8) is 0 Å². The van der Waals surface area contributed by atoms with E-state index in [9.17, 15) is 8.78 Å². The first-order valence-electron chi connectivity index (χ1n) is 7.49. The van der Waals surface area contributed by atoms with E-state index in [0.29, 0.717) is 18.9 Å². The molecule has 1 unspecified atom stereocenters. The number of guanidine groups is 1. The van der Waals surface area contributed by atoms with E-state index in [1.165, 1.54) is 12.8 Å². The molecule has 2 fully saturated rings. The highest BCUT2D eigenvalue weighted by Crippen LogP contribution is 2.36. The van der Waals surface area contributed by atoms with Crippen LogP contribution < -0.4 is 5.73 Å². The van der Waals surface area contributed by atoms with Crippen molar-refractivity contribution in [3.05, 3.63) is 0 Å². The second-order valence-electron chi connectivity index (χ2n) is 5.92. The Morgan fingerprint density at radius 1 is 1.15 bits per heavy atom. The fraction of sp³-hybridized carbons (Fsp3) is 0.929. The van der Waals surface area contributed by atoms with Crippen LogP contribution in [0.4, 0.5) is 8.78 Å². The molecule has 20 heavy (non-hydrogen) atoms. The average molecular weight is 401 g/mol. The summed E-state index contributed by atoms with van der Waals surface area (Å²) in [5, 5.41) is 0. The van der Waals surface area contributed by atoms with Crippen molar-refractivity contribution in [1.29, 1.82) is 0 Å². The standard InChI is InChI=1S/C14H25F2N3.HI/c15-14(16)7-5-6-12(10-14)11-18-13(17)19-8-3-1-2-4-9-19;/h12H,1-11H2,(H2,17,18);1H. The molecular formula is C14H26F2IN3. The summed E-state index contributed by atoms with van der Waals surface area (Å²) in [5.74, 6) is -1.94. The van der Waals surface area contributed by atoms with E-state index >= 15 is 0 Å². The topological polar surface area (TPSA) is 41.6 Å². The summed E-state index contributed by atoms with van der Waals surface area (Å²) in [6.07, 6.45) is 6.27. The third-order valence-corrected chi connectivity index (χ3v) is 4.18. The summed E-state index contributed by atoms with van der Waals surface area (Å²) < 4.78 is 26.6. The number of halogens is 3. The highest BCUT2D eigenvalue weighted by atomic mass is 127. The second-order valence-corrected chi connectivity index (χ2v) is 5.92. The minimum Gasteiger partial charge on any atom is -0.370 e. The number of alkyl halides is 2. The van der Waals surface area contributed by atoms with Gasteiger partial charge >= 0.3 is 0 Å². The van der Waals surface area contributed by atoms with Crippen molar-refractivity contribution in [3.8, 4) is 0 Å². The Kier molecular flexibility index (Phi) is 7.47. The molecule has 118 valence electrons. The first-order valence-corrected chi connectivity index (χ1v) is 7.49. The van der Waals surface area contributed by atoms with Crippen LogP contribution in [-0.2, 0) is 0 Å². The maximum absolute atomic E-state index is 13.3. The zero-order valence-corrected chi connectivity index (χ0v) is 14.3. The van der Waals surface area contributed by atoms with Gasteiger partial charge in [-0.2, -0.15) is 0 Å². The molecule has 0 bridgehead atoms. The Balaban J connectivity index is 0.00000200. The summed E-state index contributed by atoms with van der Waals surface area (Å²) in [6.45, 7) is 2.37. The lowest BCUT2D eigenvalue weighted by Gasteiger charge is -2.28. The van der Waals surface area contributed by atoms with Gasteiger partial charge in [0.1, 0.15) is 0 Å². The smallest absolute Gasteiger partial charge is 0.248 e. The maximum atomic E-state index is 13.3. The molecule has 1 heterocycles. The molecule has 1 aliphatic heterocycles. The van der Waals surface area contributed by atoms with E-state index in [2.05, 4.69) is 9.89 Å². The Morgan fingerprint density at radius 2 is 1.80 bits per heavy atom. The molecule has 1 saturated carbocycles. The van der Waals surface area contributed by atoms with Gasteiger partial charge in [0.2, 0.25) is 5.92 Å². The minimum atomic E-state index is -2.49. The normalized spacial score (nSPS) is 27.6. The molecule has 1 saturated heterocycles. The van der Waals surface area contributed by atoms with E-state index in [-0.39, 0.29) is 42.7 Å². The highest BCUT2D eigenvalue weighted by molar-refractivity contribution is 14.0. The Morgan fingerprint density at radius 3 is 2.40 bits per heavy atom. The lowest BCUT2D eigenvalue weighted by Crippen LogP contribution is -2.38. The SMILES string of the molecule is I.NC(=NCC1CCCC(F)(F)C1)N1CCCCCC1. The number of nitrogens with two attached hydrogens (primary N) is 1. The number of hydrogen-bond donors (Lipinski definition) is 1. The molecule has 1 aliphatic carbocycles. The van der Waals surface area contributed by atoms with Crippen molar-refractivity contribution in [2.24, 2.45) is 16.6 Å². The van der Waals surface area contributed by atoms with Gasteiger partial charge in [-0.1, -0.05) is 12.8 Å². The largest absolute Gasteiger partial charge is 0.370 e. The van der Waals surface area contributed by atoms with Gasteiger partial charge in [-0.25, -0.2) is 8.78 Å². The van der Waals surface area contributed by atoms with E-state index in [4.69, 9.17) is 5.73 Å². The van der Waals surface area contributed by atoms with Crippen molar-refractivity contribution in [2.75, 3.05) is 19.6 Å². The molecular weight excluding hydrogens is 375 g/mol. The molecule has 0 radical (unpaired) electrons. The molecule has 1 atom stereocenters. The first kappa shape index (κ1) is 17.9. The average Bonchev–Trinajstić information content (AvgIpc) is 2.63. The molecule has 6 heteroatoms. The highest BCUT2D eigenvalue weighted by Gasteiger charge is 2.35. The zero-order valence-electron chi connectivity index (χ0n) is 12.0. The van der Waals surface area contributed by atoms with Gasteiger partial charge in [0, 0.05) is 32.5 Å². The number of rotatable bonds is 2. The molecule has 0 spiro atoms. The van der Waals surface area contributed by atoms with Gasteiger partial charge in [-0.15, -0.1) is 24.0 Å². The van der Waals surface area contributed by atoms with E-state index in [0.717, 1.165) is 32.4 Å². The number of hydrogen-bond acceptors (Lipinski definition) is 1. The number of likely N-dealkylation sites (tertiary alicyclic amines) is 1. The van der Waals surface area contributed by atoms with Crippen LogP contribution in [0.15, 0.2) is 4.99 Å². The monoisotopic (exact) mass is 401 g/mol. The molecule has 0 aromatic carbocycles. The van der Waals surface area contributed by atoms with Crippen molar-refractivity contribution < 1.29 is 8.78 Å². The lowest BCUT2D eigenvalue weighted by atomic mass is 9.87. The molecule has 0 aromatic rings. The van der Waals surface area contributed by atoms with E-state index < -0.39 is 5.92 Å². The van der Waals surface area contributed by atoms with E-state index in [1.807, 2.05) is 0 Å². The second kappa shape index (κ2) is 8.34. The van der Waals surface area contributed by atoms with Crippen molar-refractivity contribution in [1.82, 2.24) is 4.90 Å². The molecule has 2 rings (SSSR count). The Labute approximate surface area is 137 Å². The van der Waals surface area contributed by atoms with Crippen LogP contribution >= 0.6 is 24.0 Å². The first-order chi connectivity index (χ1) is 9.07. The Bertz CT molecular complexity index is 316. The van der Waals surface area contributed by atoms with Gasteiger partial charge in [0.15, 0.2) is 5.96 Å². The van der Waals surface area contributed by atoms with Crippen LogP contribution in [-0.4, -0.2) is 36.4 Å². The summed E-state index contributed by atoms with van der Waals surface area (Å²) in [7, 11) is 0. The summed E-state index contributed by atoms with van der Waals surface area (Å²) in [6, 6.07) is 0. The minimum absolute atomic E-state index is 0. The van der Waals surface area contributed by atoms with Crippen LogP contribution in [0, 0.1) is 5.92 Å². The fourth-order valence-electron chi connectivity index (χ4n) is 3.05. The molecule has 0 aromatic heterocycles. The van der Waals surface area contributed by atoms with Gasteiger partial charge in [0.05, 0.1) is 0 Å². The van der Waals surface area contributed by atoms with Gasteiger partial charge < -0.3 is 10.6 Å². The number of nitrogens with zero attached hydrogens (tertiary/aromatic N) is 2.